The largest absolute Gasteiger partial charge is 0.506 e. The highest BCUT2D eigenvalue weighted by Gasteiger charge is 2.11. The van der Waals surface area contributed by atoms with Crippen molar-refractivity contribution in [2.75, 3.05) is 0 Å². The van der Waals surface area contributed by atoms with E-state index in [9.17, 15) is 5.11 Å². The molecule has 1 N–H and O–H groups in total. The summed E-state index contributed by atoms with van der Waals surface area (Å²) >= 11 is 7.34. The molecule has 0 saturated heterocycles. The maximum absolute atomic E-state index is 9.67. The molecule has 4 heteroatoms. The van der Waals surface area contributed by atoms with Crippen LogP contribution in [0.1, 0.15) is 5.56 Å². The minimum Gasteiger partial charge on any atom is -0.506 e. The van der Waals surface area contributed by atoms with Crippen molar-refractivity contribution in [2.45, 2.75) is 6.42 Å². The van der Waals surface area contributed by atoms with Crippen molar-refractivity contribution < 1.29 is 5.11 Å². The molecule has 0 saturated carbocycles. The predicted molar refractivity (Wildman–Crippen MR) is 57.8 cm³/mol. The number of halogens is 1. The molecule has 0 spiro atoms. The van der Waals surface area contributed by atoms with Crippen molar-refractivity contribution in [3.05, 3.63) is 28.1 Å². The van der Waals surface area contributed by atoms with Gasteiger partial charge < -0.3 is 5.11 Å². The summed E-state index contributed by atoms with van der Waals surface area (Å²) in [6.45, 7) is 0. The number of phenolic OH excluding ortho intramolecular Hbond substituents is 1. The minimum atomic E-state index is 0.0307. The van der Waals surface area contributed by atoms with E-state index in [2.05, 4.69) is 0 Å². The highest BCUT2D eigenvalue weighted by Crippen LogP contribution is 2.37. The molecule has 0 radical (unpaired) electrons. The summed E-state index contributed by atoms with van der Waals surface area (Å²) in [6, 6.07) is 5.66. The van der Waals surface area contributed by atoms with Crippen LogP contribution in [0.15, 0.2) is 17.5 Å². The molecule has 0 atom stereocenters. The van der Waals surface area contributed by atoms with Gasteiger partial charge in [0, 0.05) is 10.3 Å². The maximum Gasteiger partial charge on any atom is 0.139 e. The number of hydrogen-bond acceptors (Lipinski definition) is 3. The number of hydrogen-bond donors (Lipinski definition) is 1. The first-order valence-electron chi connectivity index (χ1n) is 3.98. The fraction of sp³-hybridized carbons (Fsp3) is 0.100. The number of phenols is 1. The lowest BCUT2D eigenvalue weighted by Gasteiger charge is -2.03. The molecule has 0 unspecified atom stereocenters. The van der Waals surface area contributed by atoms with Crippen molar-refractivity contribution in [2.24, 2.45) is 0 Å². The Morgan fingerprint density at radius 3 is 3.07 bits per heavy atom. The molecule has 2 nitrogen and oxygen atoms in total. The summed E-state index contributed by atoms with van der Waals surface area (Å²) in [5.41, 5.74) is 0.630. The van der Waals surface area contributed by atoms with Gasteiger partial charge in [-0.3, -0.25) is 0 Å². The van der Waals surface area contributed by atoms with E-state index in [4.69, 9.17) is 16.9 Å². The molecule has 0 bridgehead atoms. The summed E-state index contributed by atoms with van der Waals surface area (Å²) in [6.07, 6.45) is 0.184. The average molecular weight is 224 g/mol. The second kappa shape index (κ2) is 3.49. The number of thiophene rings is 1. The van der Waals surface area contributed by atoms with E-state index in [0.717, 1.165) is 10.1 Å². The fourth-order valence-corrected chi connectivity index (χ4v) is 2.53. The predicted octanol–water partition coefficient (Wildman–Crippen LogP) is 3.33. The lowest BCUT2D eigenvalue weighted by Crippen LogP contribution is -1.84. The molecule has 1 aromatic carbocycles. The number of rotatable bonds is 1. The Balaban J connectivity index is 2.81. The van der Waals surface area contributed by atoms with Gasteiger partial charge in [-0.25, -0.2) is 0 Å². The molecule has 0 fully saturated rings. The minimum absolute atomic E-state index is 0.0307. The highest BCUT2D eigenvalue weighted by atomic mass is 35.5. The first-order chi connectivity index (χ1) is 6.74. The van der Waals surface area contributed by atoms with Crippen molar-refractivity contribution in [3.63, 3.8) is 0 Å². The summed E-state index contributed by atoms with van der Waals surface area (Å²) in [5.74, 6) is 0.0307. The molecular weight excluding hydrogens is 218 g/mol. The maximum atomic E-state index is 9.67. The van der Waals surface area contributed by atoms with E-state index < -0.39 is 0 Å². The number of benzene rings is 1. The van der Waals surface area contributed by atoms with E-state index >= 15 is 0 Å². The third-order valence-corrected chi connectivity index (χ3v) is 3.30. The van der Waals surface area contributed by atoms with Crippen LogP contribution in [0.2, 0.25) is 5.02 Å². The zero-order valence-corrected chi connectivity index (χ0v) is 8.69. The number of nitrogens with zero attached hydrogens (tertiary/aromatic N) is 1. The lowest BCUT2D eigenvalue weighted by atomic mass is 10.1. The summed E-state index contributed by atoms with van der Waals surface area (Å²) < 4.78 is 0.938. The quantitative estimate of drug-likeness (QED) is 0.806. The van der Waals surface area contributed by atoms with Crippen molar-refractivity contribution in [3.8, 4) is 11.8 Å². The van der Waals surface area contributed by atoms with E-state index in [1.54, 1.807) is 6.07 Å². The molecule has 0 aliphatic carbocycles. The molecular formula is C10H6ClNOS. The normalized spacial score (nSPS) is 10.3. The van der Waals surface area contributed by atoms with Gasteiger partial charge in [-0.05, 0) is 22.9 Å². The molecule has 2 aromatic rings. The smallest absolute Gasteiger partial charge is 0.139 e. The molecule has 0 aliphatic rings. The van der Waals surface area contributed by atoms with Crippen LogP contribution in [0.5, 0.6) is 5.75 Å². The van der Waals surface area contributed by atoms with Gasteiger partial charge in [0.15, 0.2) is 0 Å². The van der Waals surface area contributed by atoms with Gasteiger partial charge in [-0.1, -0.05) is 11.6 Å². The van der Waals surface area contributed by atoms with Gasteiger partial charge in [-0.15, -0.1) is 11.3 Å². The SMILES string of the molecule is N#CCc1c(O)c(Cl)cc2ccsc12. The second-order valence-corrected chi connectivity index (χ2v) is 4.18. The summed E-state index contributed by atoms with van der Waals surface area (Å²) in [5, 5.41) is 21.5. The zero-order chi connectivity index (χ0) is 10.1. The van der Waals surface area contributed by atoms with Crippen LogP contribution in [0.4, 0.5) is 0 Å². The van der Waals surface area contributed by atoms with Crippen molar-refractivity contribution in [1.29, 1.82) is 5.26 Å². The topological polar surface area (TPSA) is 44.0 Å². The molecule has 1 aromatic heterocycles. The van der Waals surface area contributed by atoms with Crippen LogP contribution in [0.25, 0.3) is 10.1 Å². The van der Waals surface area contributed by atoms with Gasteiger partial charge >= 0.3 is 0 Å². The standard InChI is InChI=1S/C10H6ClNOS/c11-8-5-6-2-4-14-10(6)7(1-3-12)9(8)13/h2,4-5,13H,1H2. The molecule has 2 rings (SSSR count). The second-order valence-electron chi connectivity index (χ2n) is 2.86. The van der Waals surface area contributed by atoms with Gasteiger partial charge in [0.05, 0.1) is 17.5 Å². The highest BCUT2D eigenvalue weighted by molar-refractivity contribution is 7.17. The molecule has 0 aliphatic heterocycles. The molecule has 70 valence electrons. The van der Waals surface area contributed by atoms with Crippen molar-refractivity contribution in [1.82, 2.24) is 0 Å². The first kappa shape index (κ1) is 9.32. The van der Waals surface area contributed by atoms with Gasteiger partial charge in [0.1, 0.15) is 5.75 Å². The van der Waals surface area contributed by atoms with Gasteiger partial charge in [0.2, 0.25) is 0 Å². The van der Waals surface area contributed by atoms with E-state index in [1.165, 1.54) is 11.3 Å². The van der Waals surface area contributed by atoms with E-state index in [-0.39, 0.29) is 12.2 Å². The van der Waals surface area contributed by atoms with Gasteiger partial charge in [-0.2, -0.15) is 5.26 Å². The Labute approximate surface area is 90.0 Å². The van der Waals surface area contributed by atoms with Crippen LogP contribution in [0.3, 0.4) is 0 Å². The fourth-order valence-electron chi connectivity index (χ4n) is 1.38. The Kier molecular flexibility index (Phi) is 2.32. The van der Waals surface area contributed by atoms with Crippen LogP contribution in [0, 0.1) is 11.3 Å². The van der Waals surface area contributed by atoms with E-state index in [1.807, 2.05) is 17.5 Å². The number of fused-ring (bicyclic) bond motifs is 1. The van der Waals surface area contributed by atoms with Crippen LogP contribution < -0.4 is 0 Å². The molecule has 0 amide bonds. The summed E-state index contributed by atoms with van der Waals surface area (Å²) in [4.78, 5) is 0. The Hall–Kier alpha value is -1.24. The average Bonchev–Trinajstić information content (AvgIpc) is 2.60. The molecule has 1 heterocycles. The Bertz CT molecular complexity index is 527. The number of aromatic hydroxyl groups is 1. The summed E-state index contributed by atoms with van der Waals surface area (Å²) in [7, 11) is 0. The van der Waals surface area contributed by atoms with E-state index in [0.29, 0.717) is 10.6 Å². The third kappa shape index (κ3) is 1.33. The number of nitriles is 1. The first-order valence-corrected chi connectivity index (χ1v) is 5.24. The van der Waals surface area contributed by atoms with Gasteiger partial charge in [0.25, 0.3) is 0 Å². The molecule has 14 heavy (non-hydrogen) atoms. The zero-order valence-electron chi connectivity index (χ0n) is 7.12. The van der Waals surface area contributed by atoms with Crippen molar-refractivity contribution >= 4 is 33.0 Å². The third-order valence-electron chi connectivity index (χ3n) is 2.02. The van der Waals surface area contributed by atoms with Crippen LogP contribution in [-0.2, 0) is 6.42 Å². The van der Waals surface area contributed by atoms with Crippen LogP contribution >= 0.6 is 22.9 Å². The lowest BCUT2D eigenvalue weighted by molar-refractivity contribution is 0.471. The Morgan fingerprint density at radius 1 is 1.57 bits per heavy atom. The monoisotopic (exact) mass is 223 g/mol. The van der Waals surface area contributed by atoms with Crippen LogP contribution in [-0.4, -0.2) is 5.11 Å². The Morgan fingerprint density at radius 2 is 2.36 bits per heavy atom.